The number of aromatic nitrogens is 1. The summed E-state index contributed by atoms with van der Waals surface area (Å²) in [7, 11) is 4.88. The summed E-state index contributed by atoms with van der Waals surface area (Å²) in [6.45, 7) is 0.854. The SMILES string of the molecule is COc1cc2c(cc1OC)-c1cc3ccc(O)c(OC)c3c[n+]1CC2.[Cl-]. The van der Waals surface area contributed by atoms with E-state index in [2.05, 4.69) is 16.7 Å². The summed E-state index contributed by atoms with van der Waals surface area (Å²) in [4.78, 5) is 0. The van der Waals surface area contributed by atoms with Crippen molar-refractivity contribution < 1.29 is 36.3 Å². The van der Waals surface area contributed by atoms with E-state index in [1.807, 2.05) is 18.3 Å². The number of benzene rings is 2. The van der Waals surface area contributed by atoms with Gasteiger partial charge in [0.25, 0.3) is 0 Å². The molecule has 0 spiro atoms. The molecule has 3 aromatic rings. The first-order chi connectivity index (χ1) is 12.2. The van der Waals surface area contributed by atoms with Crippen LogP contribution in [0.4, 0.5) is 0 Å². The van der Waals surface area contributed by atoms with E-state index in [0.717, 1.165) is 46.5 Å². The zero-order valence-electron chi connectivity index (χ0n) is 14.9. The molecule has 0 radical (unpaired) electrons. The third kappa shape index (κ3) is 2.69. The van der Waals surface area contributed by atoms with Crippen molar-refractivity contribution in [1.29, 1.82) is 0 Å². The zero-order chi connectivity index (χ0) is 17.6. The zero-order valence-corrected chi connectivity index (χ0v) is 15.6. The quantitative estimate of drug-likeness (QED) is 0.661. The smallest absolute Gasteiger partial charge is 0.213 e. The van der Waals surface area contributed by atoms with Gasteiger partial charge in [-0.1, -0.05) is 0 Å². The van der Waals surface area contributed by atoms with Crippen molar-refractivity contribution in [2.45, 2.75) is 13.0 Å². The molecule has 5 nitrogen and oxygen atoms in total. The molecule has 0 fully saturated rings. The van der Waals surface area contributed by atoms with Crippen LogP contribution in [-0.4, -0.2) is 26.4 Å². The van der Waals surface area contributed by atoms with E-state index in [-0.39, 0.29) is 18.2 Å². The number of hydrogen-bond donors (Lipinski definition) is 1. The van der Waals surface area contributed by atoms with Crippen molar-refractivity contribution in [2.75, 3.05) is 21.3 Å². The Morgan fingerprint density at radius 3 is 2.38 bits per heavy atom. The van der Waals surface area contributed by atoms with Gasteiger partial charge in [-0.25, -0.2) is 0 Å². The van der Waals surface area contributed by atoms with Crippen molar-refractivity contribution in [3.63, 3.8) is 0 Å². The van der Waals surface area contributed by atoms with Crippen molar-refractivity contribution in [3.8, 4) is 34.3 Å². The van der Waals surface area contributed by atoms with Crippen LogP contribution in [0.2, 0.25) is 0 Å². The number of ether oxygens (including phenoxy) is 3. The van der Waals surface area contributed by atoms with Gasteiger partial charge in [0.05, 0.1) is 32.3 Å². The Morgan fingerprint density at radius 1 is 0.962 bits per heavy atom. The topological polar surface area (TPSA) is 51.8 Å². The van der Waals surface area contributed by atoms with Gasteiger partial charge < -0.3 is 31.7 Å². The summed E-state index contributed by atoms with van der Waals surface area (Å²) in [6, 6.07) is 9.78. The maximum absolute atomic E-state index is 10.0. The second-order valence-corrected chi connectivity index (χ2v) is 6.09. The number of aryl methyl sites for hydroxylation is 2. The van der Waals surface area contributed by atoms with Gasteiger partial charge in [-0.15, -0.1) is 0 Å². The maximum Gasteiger partial charge on any atom is 0.213 e. The minimum atomic E-state index is 0. The highest BCUT2D eigenvalue weighted by Gasteiger charge is 2.26. The fourth-order valence-electron chi connectivity index (χ4n) is 3.56. The number of halogens is 1. The molecular weight excluding hydrogens is 354 g/mol. The number of pyridine rings is 1. The molecule has 1 aliphatic heterocycles. The van der Waals surface area contributed by atoms with E-state index in [0.29, 0.717) is 5.75 Å². The number of nitrogens with zero attached hydrogens (tertiary/aromatic N) is 1. The predicted octanol–water partition coefficient (Wildman–Crippen LogP) is 0.0858. The van der Waals surface area contributed by atoms with Crippen molar-refractivity contribution in [3.05, 3.63) is 42.1 Å². The Labute approximate surface area is 158 Å². The first kappa shape index (κ1) is 18.1. The molecule has 0 saturated carbocycles. The summed E-state index contributed by atoms with van der Waals surface area (Å²) in [5.41, 5.74) is 3.49. The molecule has 4 rings (SSSR count). The van der Waals surface area contributed by atoms with Crippen LogP contribution in [0.25, 0.3) is 22.0 Å². The lowest BCUT2D eigenvalue weighted by Gasteiger charge is -2.18. The molecule has 2 aromatic carbocycles. The molecule has 0 unspecified atom stereocenters. The normalized spacial score (nSPS) is 12.0. The van der Waals surface area contributed by atoms with Crippen LogP contribution in [0.3, 0.4) is 0 Å². The standard InChI is InChI=1S/C20H19NO4.ClH/c1-23-18-9-13-6-7-21-11-15-12(4-5-17(22)20(15)25-3)8-16(21)14(13)10-19(18)24-2;/h4-5,8-11H,6-7H2,1-3H3;1H. The lowest BCUT2D eigenvalue weighted by atomic mass is 9.95. The number of aromatic hydroxyl groups is 1. The Bertz CT molecular complexity index is 987. The van der Waals surface area contributed by atoms with Gasteiger partial charge in [-0.3, -0.25) is 0 Å². The third-order valence-electron chi connectivity index (χ3n) is 4.81. The van der Waals surface area contributed by atoms with Crippen LogP contribution in [-0.2, 0) is 13.0 Å². The highest BCUT2D eigenvalue weighted by molar-refractivity contribution is 5.91. The molecule has 2 heterocycles. The van der Waals surface area contributed by atoms with Crippen molar-refractivity contribution >= 4 is 10.8 Å². The number of methoxy groups -OCH3 is 3. The summed E-state index contributed by atoms with van der Waals surface area (Å²) in [6.07, 6.45) is 2.95. The van der Waals surface area contributed by atoms with E-state index in [4.69, 9.17) is 14.2 Å². The van der Waals surface area contributed by atoms with E-state index in [1.165, 1.54) is 5.56 Å². The van der Waals surface area contributed by atoms with Crippen LogP contribution >= 0.6 is 0 Å². The average Bonchev–Trinajstić information content (AvgIpc) is 2.65. The average molecular weight is 374 g/mol. The molecule has 0 bridgehead atoms. The molecule has 1 aromatic heterocycles. The van der Waals surface area contributed by atoms with E-state index < -0.39 is 0 Å². The van der Waals surface area contributed by atoms with Gasteiger partial charge >= 0.3 is 0 Å². The summed E-state index contributed by atoms with van der Waals surface area (Å²) in [5.74, 6) is 2.13. The third-order valence-corrected chi connectivity index (χ3v) is 4.81. The number of hydrogen-bond acceptors (Lipinski definition) is 4. The molecule has 0 atom stereocenters. The van der Waals surface area contributed by atoms with Gasteiger partial charge in [0.2, 0.25) is 5.69 Å². The largest absolute Gasteiger partial charge is 1.00 e. The van der Waals surface area contributed by atoms with Crippen LogP contribution < -0.4 is 31.2 Å². The Morgan fingerprint density at radius 2 is 1.69 bits per heavy atom. The van der Waals surface area contributed by atoms with Gasteiger partial charge in [-0.05, 0) is 35.2 Å². The van der Waals surface area contributed by atoms with Crippen molar-refractivity contribution in [2.24, 2.45) is 0 Å². The Balaban J connectivity index is 0.00000196. The number of phenols is 1. The lowest BCUT2D eigenvalue weighted by Crippen LogP contribution is -3.00. The second-order valence-electron chi connectivity index (χ2n) is 6.09. The molecule has 136 valence electrons. The maximum atomic E-state index is 10.0. The van der Waals surface area contributed by atoms with Gasteiger partial charge in [0, 0.05) is 12.5 Å². The summed E-state index contributed by atoms with van der Waals surface area (Å²) in [5, 5.41) is 11.9. The molecule has 26 heavy (non-hydrogen) atoms. The Hall–Kier alpha value is -2.66. The van der Waals surface area contributed by atoms with E-state index in [1.54, 1.807) is 27.4 Å². The highest BCUT2D eigenvalue weighted by atomic mass is 35.5. The minimum absolute atomic E-state index is 0. The van der Waals surface area contributed by atoms with E-state index >= 15 is 0 Å². The number of phenolic OH excluding ortho intramolecular Hbond substituents is 1. The minimum Gasteiger partial charge on any atom is -1.00 e. The molecule has 1 N–H and O–H groups in total. The highest BCUT2D eigenvalue weighted by Crippen LogP contribution is 2.39. The molecule has 1 aliphatic rings. The van der Waals surface area contributed by atoms with Crippen molar-refractivity contribution in [1.82, 2.24) is 0 Å². The molecule has 0 aliphatic carbocycles. The monoisotopic (exact) mass is 373 g/mol. The molecule has 6 heteroatoms. The first-order valence-corrected chi connectivity index (χ1v) is 8.14. The van der Waals surface area contributed by atoms with Crippen LogP contribution in [0.15, 0.2) is 36.5 Å². The number of rotatable bonds is 3. The first-order valence-electron chi connectivity index (χ1n) is 8.14. The second kappa shape index (κ2) is 6.92. The Kier molecular flexibility index (Phi) is 4.83. The van der Waals surface area contributed by atoms with Gasteiger partial charge in [0.1, 0.15) is 0 Å². The fraction of sp³-hybridized carbons (Fsp3) is 0.250. The molecular formula is C20H20ClNO4. The van der Waals surface area contributed by atoms with Gasteiger partial charge in [0.15, 0.2) is 35.7 Å². The number of fused-ring (bicyclic) bond motifs is 4. The lowest BCUT2D eigenvalue weighted by molar-refractivity contribution is -0.686. The van der Waals surface area contributed by atoms with Crippen LogP contribution in [0, 0.1) is 0 Å². The molecule has 0 saturated heterocycles. The van der Waals surface area contributed by atoms with Gasteiger partial charge in [-0.2, -0.15) is 4.57 Å². The predicted molar refractivity (Wildman–Crippen MR) is 94.6 cm³/mol. The van der Waals surface area contributed by atoms with Crippen LogP contribution in [0.5, 0.6) is 23.0 Å². The van der Waals surface area contributed by atoms with Crippen LogP contribution in [0.1, 0.15) is 5.56 Å². The van der Waals surface area contributed by atoms with E-state index in [9.17, 15) is 5.11 Å². The summed E-state index contributed by atoms with van der Waals surface area (Å²) < 4.78 is 18.5. The summed E-state index contributed by atoms with van der Waals surface area (Å²) >= 11 is 0. The molecule has 0 amide bonds. The fourth-order valence-corrected chi connectivity index (χ4v) is 3.56.